The number of aryl methyl sites for hydroxylation is 2. The first-order chi connectivity index (χ1) is 16.9. The maximum Gasteiger partial charge on any atom is 0.238 e. The zero-order valence-corrected chi connectivity index (χ0v) is 21.0. The van der Waals surface area contributed by atoms with Crippen molar-refractivity contribution in [3.8, 4) is 5.75 Å². The van der Waals surface area contributed by atoms with E-state index in [-0.39, 0.29) is 18.2 Å². The van der Waals surface area contributed by atoms with Crippen LogP contribution in [0.25, 0.3) is 0 Å². The molecular weight excluding hydrogens is 458 g/mol. The highest BCUT2D eigenvalue weighted by molar-refractivity contribution is 8.15. The molecule has 0 aliphatic carbocycles. The van der Waals surface area contributed by atoms with Gasteiger partial charge in [0.05, 0.1) is 12.8 Å². The maximum absolute atomic E-state index is 13.2. The van der Waals surface area contributed by atoms with Crippen LogP contribution in [-0.2, 0) is 16.0 Å². The van der Waals surface area contributed by atoms with Crippen LogP contribution in [0.1, 0.15) is 23.1 Å². The summed E-state index contributed by atoms with van der Waals surface area (Å²) in [5.74, 6) is 0.432. The average molecular weight is 488 g/mol. The van der Waals surface area contributed by atoms with Crippen molar-refractivity contribution in [2.45, 2.75) is 31.9 Å². The number of carbonyl (C=O) groups excluding carboxylic acids is 2. The molecular formula is C28H29N3O3S. The molecule has 1 atom stereocenters. The van der Waals surface area contributed by atoms with Crippen LogP contribution in [0.15, 0.2) is 77.8 Å². The smallest absolute Gasteiger partial charge is 0.238 e. The van der Waals surface area contributed by atoms with E-state index in [9.17, 15) is 9.59 Å². The molecule has 7 heteroatoms. The second-order valence-electron chi connectivity index (χ2n) is 8.49. The lowest BCUT2D eigenvalue weighted by Crippen LogP contribution is -2.46. The molecule has 35 heavy (non-hydrogen) atoms. The number of hydrogen-bond acceptors (Lipinski definition) is 5. The van der Waals surface area contributed by atoms with Crippen molar-refractivity contribution in [1.29, 1.82) is 0 Å². The Morgan fingerprint density at radius 2 is 1.83 bits per heavy atom. The van der Waals surface area contributed by atoms with Gasteiger partial charge in [-0.3, -0.25) is 14.5 Å². The van der Waals surface area contributed by atoms with Gasteiger partial charge in [-0.05, 0) is 61.7 Å². The van der Waals surface area contributed by atoms with Crippen LogP contribution in [0.2, 0.25) is 0 Å². The van der Waals surface area contributed by atoms with Gasteiger partial charge in [0.25, 0.3) is 0 Å². The van der Waals surface area contributed by atoms with E-state index in [1.54, 1.807) is 12.0 Å². The zero-order chi connectivity index (χ0) is 24.8. The number of ether oxygens (including phenoxy) is 1. The number of benzene rings is 3. The van der Waals surface area contributed by atoms with Crippen LogP contribution in [0.4, 0.5) is 11.4 Å². The molecule has 180 valence electrons. The van der Waals surface area contributed by atoms with Crippen molar-refractivity contribution in [3.63, 3.8) is 0 Å². The van der Waals surface area contributed by atoms with Gasteiger partial charge in [-0.25, -0.2) is 4.99 Å². The number of rotatable bonds is 7. The Morgan fingerprint density at radius 1 is 1.09 bits per heavy atom. The van der Waals surface area contributed by atoms with Crippen molar-refractivity contribution in [3.05, 3.63) is 89.5 Å². The fourth-order valence-electron chi connectivity index (χ4n) is 3.88. The SMILES string of the molecule is COc1ccc(N=C2SC(C(=O)Nc3ccc(C)cc3C)CC(=O)N2CCc2ccccc2)cc1. The molecule has 0 radical (unpaired) electrons. The number of thioether (sulfide) groups is 1. The monoisotopic (exact) mass is 487 g/mol. The van der Waals surface area contributed by atoms with Gasteiger partial charge < -0.3 is 10.1 Å². The van der Waals surface area contributed by atoms with Crippen LogP contribution in [0, 0.1) is 13.8 Å². The van der Waals surface area contributed by atoms with Crippen LogP contribution in [0.3, 0.4) is 0 Å². The molecule has 6 nitrogen and oxygen atoms in total. The fourth-order valence-corrected chi connectivity index (χ4v) is 5.01. The normalized spacial score (nSPS) is 16.9. The number of amides is 2. The van der Waals surface area contributed by atoms with E-state index in [0.717, 1.165) is 28.1 Å². The van der Waals surface area contributed by atoms with E-state index in [4.69, 9.17) is 9.73 Å². The van der Waals surface area contributed by atoms with Crippen molar-refractivity contribution < 1.29 is 14.3 Å². The highest BCUT2D eigenvalue weighted by Gasteiger charge is 2.36. The minimum atomic E-state index is -0.562. The first-order valence-electron chi connectivity index (χ1n) is 11.5. The van der Waals surface area contributed by atoms with Crippen molar-refractivity contribution in [2.75, 3.05) is 19.0 Å². The summed E-state index contributed by atoms with van der Waals surface area (Å²) in [7, 11) is 1.61. The number of nitrogens with zero attached hydrogens (tertiary/aromatic N) is 2. The third kappa shape index (κ3) is 6.31. The molecule has 1 heterocycles. The van der Waals surface area contributed by atoms with E-state index >= 15 is 0 Å². The summed E-state index contributed by atoms with van der Waals surface area (Å²) in [4.78, 5) is 32.8. The van der Waals surface area contributed by atoms with Crippen molar-refractivity contribution >= 4 is 40.1 Å². The van der Waals surface area contributed by atoms with E-state index in [2.05, 4.69) is 5.32 Å². The maximum atomic E-state index is 13.2. The quantitative estimate of drug-likeness (QED) is 0.477. The van der Waals surface area contributed by atoms with E-state index in [0.29, 0.717) is 23.8 Å². The van der Waals surface area contributed by atoms with Gasteiger partial charge in [0, 0.05) is 18.7 Å². The summed E-state index contributed by atoms with van der Waals surface area (Å²) in [5, 5.41) is 2.97. The molecule has 0 spiro atoms. The lowest BCUT2D eigenvalue weighted by atomic mass is 10.1. The summed E-state index contributed by atoms with van der Waals surface area (Å²) in [6.45, 7) is 4.47. The number of anilines is 1. The van der Waals surface area contributed by atoms with Gasteiger partial charge in [0.1, 0.15) is 11.0 Å². The molecule has 1 aliphatic heterocycles. The third-order valence-corrected chi connectivity index (χ3v) is 7.02. The lowest BCUT2D eigenvalue weighted by molar-refractivity contribution is -0.129. The number of aliphatic imine (C=N–C) groups is 1. The Morgan fingerprint density at radius 3 is 2.51 bits per heavy atom. The molecule has 3 aromatic carbocycles. The van der Waals surface area contributed by atoms with Crippen LogP contribution in [-0.4, -0.2) is 40.8 Å². The molecule has 1 unspecified atom stereocenters. The number of nitrogens with one attached hydrogen (secondary N) is 1. The fraction of sp³-hybridized carbons (Fsp3) is 0.250. The summed E-state index contributed by atoms with van der Waals surface area (Å²) in [6.07, 6.45) is 0.825. The minimum Gasteiger partial charge on any atom is -0.497 e. The Labute approximate surface area is 210 Å². The second kappa shape index (κ2) is 11.2. The molecule has 4 rings (SSSR count). The first-order valence-corrected chi connectivity index (χ1v) is 12.4. The summed E-state index contributed by atoms with van der Waals surface area (Å²) in [6, 6.07) is 23.3. The Hall–Kier alpha value is -3.58. The summed E-state index contributed by atoms with van der Waals surface area (Å²) < 4.78 is 5.24. The molecule has 0 saturated carbocycles. The Balaban J connectivity index is 1.56. The predicted octanol–water partition coefficient (Wildman–Crippen LogP) is 5.52. The highest BCUT2D eigenvalue weighted by Crippen LogP contribution is 2.31. The van der Waals surface area contributed by atoms with Gasteiger partial charge in [-0.2, -0.15) is 0 Å². The number of amidine groups is 1. The van der Waals surface area contributed by atoms with Crippen LogP contribution >= 0.6 is 11.8 Å². The molecule has 1 aliphatic rings. The average Bonchev–Trinajstić information content (AvgIpc) is 2.86. The van der Waals surface area contributed by atoms with E-state index in [1.807, 2.05) is 86.6 Å². The van der Waals surface area contributed by atoms with Crippen LogP contribution < -0.4 is 10.1 Å². The topological polar surface area (TPSA) is 71.0 Å². The molecule has 1 fully saturated rings. The van der Waals surface area contributed by atoms with Gasteiger partial charge >= 0.3 is 0 Å². The largest absolute Gasteiger partial charge is 0.497 e. The van der Waals surface area contributed by atoms with E-state index in [1.165, 1.54) is 11.8 Å². The minimum absolute atomic E-state index is 0.104. The zero-order valence-electron chi connectivity index (χ0n) is 20.2. The van der Waals surface area contributed by atoms with Gasteiger partial charge in [-0.1, -0.05) is 59.8 Å². The molecule has 3 aromatic rings. The molecule has 0 bridgehead atoms. The van der Waals surface area contributed by atoms with Gasteiger partial charge in [0.15, 0.2) is 5.17 Å². The molecule has 2 amide bonds. The molecule has 1 saturated heterocycles. The number of hydrogen-bond donors (Lipinski definition) is 1. The van der Waals surface area contributed by atoms with Gasteiger partial charge in [-0.15, -0.1) is 0 Å². The van der Waals surface area contributed by atoms with Crippen molar-refractivity contribution in [2.24, 2.45) is 4.99 Å². The lowest BCUT2D eigenvalue weighted by Gasteiger charge is -2.32. The van der Waals surface area contributed by atoms with Crippen LogP contribution in [0.5, 0.6) is 5.75 Å². The summed E-state index contributed by atoms with van der Waals surface area (Å²) in [5.41, 5.74) is 4.71. The van der Waals surface area contributed by atoms with Gasteiger partial charge in [0.2, 0.25) is 11.8 Å². The predicted molar refractivity (Wildman–Crippen MR) is 142 cm³/mol. The standard InChI is InChI=1S/C28H29N3O3S/c1-19-9-14-24(20(2)17-19)30-27(33)25-18-26(32)31(16-15-21-7-5-4-6-8-21)28(35-25)29-22-10-12-23(34-3)13-11-22/h4-14,17,25H,15-16,18H2,1-3H3,(H,30,33). The molecule has 1 N–H and O–H groups in total. The van der Waals surface area contributed by atoms with Crippen molar-refractivity contribution in [1.82, 2.24) is 4.90 Å². The highest BCUT2D eigenvalue weighted by atomic mass is 32.2. The third-order valence-electron chi connectivity index (χ3n) is 5.84. The summed E-state index contributed by atoms with van der Waals surface area (Å²) >= 11 is 1.33. The Bertz CT molecular complexity index is 1230. The number of carbonyl (C=O) groups is 2. The second-order valence-corrected chi connectivity index (χ2v) is 9.66. The van der Waals surface area contributed by atoms with E-state index < -0.39 is 5.25 Å². The number of methoxy groups -OCH3 is 1. The Kier molecular flexibility index (Phi) is 7.87. The molecule has 0 aromatic heterocycles. The first kappa shape index (κ1) is 24.5.